The Morgan fingerprint density at radius 3 is 1.03 bits per heavy atom. The van der Waals surface area contributed by atoms with Crippen molar-refractivity contribution in [3.8, 4) is 0 Å². The second kappa shape index (κ2) is 7.99. The van der Waals surface area contributed by atoms with Gasteiger partial charge in [0.1, 0.15) is 0 Å². The van der Waals surface area contributed by atoms with Gasteiger partial charge >= 0.3 is 17.6 Å². The summed E-state index contributed by atoms with van der Waals surface area (Å²) in [6.07, 6.45) is 0. The SMILES string of the molecule is CO[Si](OC)(OC)c1ccc2ccc3c([Si](OC)(OC)OC)ccc4ccc1c2c43. The van der Waals surface area contributed by atoms with Crippen molar-refractivity contribution in [1.82, 2.24) is 0 Å². The van der Waals surface area contributed by atoms with Gasteiger partial charge < -0.3 is 26.6 Å². The van der Waals surface area contributed by atoms with Crippen molar-refractivity contribution in [3.05, 3.63) is 48.5 Å². The third-order valence-corrected chi connectivity index (χ3v) is 11.4. The first-order valence-corrected chi connectivity index (χ1v) is 13.0. The highest BCUT2D eigenvalue weighted by Crippen LogP contribution is 2.35. The van der Waals surface area contributed by atoms with Crippen molar-refractivity contribution >= 4 is 60.3 Å². The fraction of sp³-hybridized carbons (Fsp3) is 0.273. The predicted molar refractivity (Wildman–Crippen MR) is 123 cm³/mol. The summed E-state index contributed by atoms with van der Waals surface area (Å²) in [7, 11) is 3.74. The smallest absolute Gasteiger partial charge is 0.373 e. The molecule has 0 bridgehead atoms. The monoisotopic (exact) mass is 442 g/mol. The van der Waals surface area contributed by atoms with Gasteiger partial charge in [-0.2, -0.15) is 0 Å². The molecular weight excluding hydrogens is 416 g/mol. The Morgan fingerprint density at radius 2 is 0.733 bits per heavy atom. The molecule has 158 valence electrons. The van der Waals surface area contributed by atoms with Crippen molar-refractivity contribution in [2.24, 2.45) is 0 Å². The zero-order valence-electron chi connectivity index (χ0n) is 18.1. The van der Waals surface area contributed by atoms with Crippen molar-refractivity contribution in [3.63, 3.8) is 0 Å². The van der Waals surface area contributed by atoms with Crippen molar-refractivity contribution in [2.75, 3.05) is 42.7 Å². The van der Waals surface area contributed by atoms with Gasteiger partial charge in [-0.25, -0.2) is 0 Å². The lowest BCUT2D eigenvalue weighted by atomic mass is 9.94. The van der Waals surface area contributed by atoms with E-state index < -0.39 is 17.6 Å². The molecule has 0 N–H and O–H groups in total. The molecule has 4 aromatic rings. The molecule has 0 aromatic heterocycles. The lowest BCUT2D eigenvalue weighted by molar-refractivity contribution is 0.140. The van der Waals surface area contributed by atoms with Gasteiger partial charge in [0.05, 0.1) is 0 Å². The van der Waals surface area contributed by atoms with Crippen LogP contribution in [0.4, 0.5) is 0 Å². The van der Waals surface area contributed by atoms with Crippen LogP contribution in [0.2, 0.25) is 0 Å². The number of benzene rings is 4. The molecule has 0 fully saturated rings. The maximum Gasteiger partial charge on any atom is 0.537 e. The summed E-state index contributed by atoms with van der Waals surface area (Å²) in [5.74, 6) is 0. The summed E-state index contributed by atoms with van der Waals surface area (Å²) in [5.41, 5.74) is 0. The van der Waals surface area contributed by atoms with Gasteiger partial charge in [0.15, 0.2) is 0 Å². The topological polar surface area (TPSA) is 55.4 Å². The van der Waals surface area contributed by atoms with Gasteiger partial charge in [-0.1, -0.05) is 48.5 Å². The van der Waals surface area contributed by atoms with Crippen molar-refractivity contribution in [1.29, 1.82) is 0 Å². The van der Waals surface area contributed by atoms with Gasteiger partial charge in [-0.15, -0.1) is 0 Å². The fourth-order valence-electron chi connectivity index (χ4n) is 4.49. The summed E-state index contributed by atoms with van der Waals surface area (Å²) >= 11 is 0. The Morgan fingerprint density at radius 1 is 0.433 bits per heavy atom. The fourth-order valence-corrected chi connectivity index (χ4v) is 8.47. The summed E-state index contributed by atoms with van der Waals surface area (Å²) in [4.78, 5) is 0. The Labute approximate surface area is 178 Å². The van der Waals surface area contributed by atoms with E-state index in [0.29, 0.717) is 0 Å². The maximum atomic E-state index is 5.78. The predicted octanol–water partition coefficient (Wildman–Crippen LogP) is 2.75. The van der Waals surface area contributed by atoms with Crippen LogP contribution in [0.15, 0.2) is 48.5 Å². The first-order valence-electron chi connectivity index (χ1n) is 9.57. The molecular formula is C22H26O6Si2. The number of hydrogen-bond acceptors (Lipinski definition) is 6. The number of hydrogen-bond donors (Lipinski definition) is 0. The summed E-state index contributed by atoms with van der Waals surface area (Å²) < 4.78 is 34.7. The molecule has 0 atom stereocenters. The van der Waals surface area contributed by atoms with E-state index in [9.17, 15) is 0 Å². The highest BCUT2D eigenvalue weighted by atomic mass is 28.4. The summed E-state index contributed by atoms with van der Waals surface area (Å²) in [6, 6.07) is 16.7. The molecule has 0 saturated heterocycles. The van der Waals surface area contributed by atoms with Gasteiger partial charge in [0, 0.05) is 53.0 Å². The minimum absolute atomic E-state index is 0.941. The van der Waals surface area contributed by atoms with Gasteiger partial charge in [-0.3, -0.25) is 0 Å². The minimum atomic E-state index is -3.02. The third-order valence-electron chi connectivity index (χ3n) is 5.94. The molecule has 0 aliphatic carbocycles. The van der Waals surface area contributed by atoms with E-state index in [1.54, 1.807) is 42.7 Å². The molecule has 0 unspecified atom stereocenters. The molecule has 0 aliphatic heterocycles. The largest absolute Gasteiger partial charge is 0.537 e. The van der Waals surface area contributed by atoms with E-state index >= 15 is 0 Å². The van der Waals surface area contributed by atoms with E-state index in [4.69, 9.17) is 26.6 Å². The minimum Gasteiger partial charge on any atom is -0.373 e. The van der Waals surface area contributed by atoms with Crippen LogP contribution >= 0.6 is 0 Å². The van der Waals surface area contributed by atoms with E-state index in [1.807, 2.05) is 12.1 Å². The van der Waals surface area contributed by atoms with Crippen LogP contribution in [0.3, 0.4) is 0 Å². The van der Waals surface area contributed by atoms with Gasteiger partial charge in [0.2, 0.25) is 0 Å². The van der Waals surface area contributed by atoms with Crippen molar-refractivity contribution < 1.29 is 26.6 Å². The molecule has 0 saturated carbocycles. The standard InChI is InChI=1S/C22H26O6Si2/c1-23-29(24-2,25-3)19-13-9-15-8-12-18-20(30(26-4,27-5)28-6)14-10-16-7-11-17(19)21(15)22(16)18/h7-14H,1-6H3. The van der Waals surface area contributed by atoms with Crippen LogP contribution in [-0.2, 0) is 26.6 Å². The molecule has 0 heterocycles. The second-order valence-electron chi connectivity index (χ2n) is 6.99. The van der Waals surface area contributed by atoms with Crippen LogP contribution in [0.5, 0.6) is 0 Å². The normalized spacial score (nSPS) is 13.1. The van der Waals surface area contributed by atoms with Crippen LogP contribution < -0.4 is 10.4 Å². The highest BCUT2D eigenvalue weighted by molar-refractivity contribution is 6.79. The molecule has 30 heavy (non-hydrogen) atoms. The molecule has 4 rings (SSSR count). The first-order chi connectivity index (χ1) is 14.5. The quantitative estimate of drug-likeness (QED) is 0.309. The molecule has 6 nitrogen and oxygen atoms in total. The average Bonchev–Trinajstić information content (AvgIpc) is 2.81. The van der Waals surface area contributed by atoms with E-state index in [2.05, 4.69) is 36.4 Å². The lowest BCUT2D eigenvalue weighted by Gasteiger charge is -2.28. The van der Waals surface area contributed by atoms with E-state index in [0.717, 1.165) is 42.7 Å². The van der Waals surface area contributed by atoms with Crippen LogP contribution in [0, 0.1) is 0 Å². The van der Waals surface area contributed by atoms with Crippen LogP contribution in [0.1, 0.15) is 0 Å². The van der Waals surface area contributed by atoms with Gasteiger partial charge in [-0.05, 0) is 32.3 Å². The molecule has 4 aromatic carbocycles. The van der Waals surface area contributed by atoms with Crippen LogP contribution in [-0.4, -0.2) is 60.3 Å². The molecule has 8 heteroatoms. The zero-order valence-corrected chi connectivity index (χ0v) is 20.1. The Bertz CT molecular complexity index is 1080. The Balaban J connectivity index is 2.15. The number of rotatable bonds is 8. The van der Waals surface area contributed by atoms with E-state index in [1.165, 1.54) is 0 Å². The maximum absolute atomic E-state index is 5.78. The second-order valence-corrected chi connectivity index (χ2v) is 12.7. The molecule has 0 spiro atoms. The first kappa shape index (κ1) is 21.3. The summed E-state index contributed by atoms with van der Waals surface area (Å²) in [5, 5.41) is 8.53. The third kappa shape index (κ3) is 2.84. The van der Waals surface area contributed by atoms with Crippen molar-refractivity contribution in [2.45, 2.75) is 0 Å². The zero-order chi connectivity index (χ0) is 21.5. The average molecular weight is 443 g/mol. The summed E-state index contributed by atoms with van der Waals surface area (Å²) in [6.45, 7) is 0. The van der Waals surface area contributed by atoms with E-state index in [-0.39, 0.29) is 0 Å². The lowest BCUT2D eigenvalue weighted by Crippen LogP contribution is -2.55. The highest BCUT2D eigenvalue weighted by Gasteiger charge is 2.44. The molecule has 0 amide bonds. The van der Waals surface area contributed by atoms with Crippen LogP contribution in [0.25, 0.3) is 32.3 Å². The Hall–Kier alpha value is -1.89. The molecule has 0 radical (unpaired) electrons. The molecule has 0 aliphatic rings. The van der Waals surface area contributed by atoms with Gasteiger partial charge in [0.25, 0.3) is 0 Å². The Kier molecular flexibility index (Phi) is 5.68.